The number of methoxy groups -OCH3 is 1. The third-order valence-electron chi connectivity index (χ3n) is 1.92. The third-order valence-corrected chi connectivity index (χ3v) is 1.92. The Morgan fingerprint density at radius 1 is 1.69 bits per heavy atom. The molecular weight excluding hydrogens is 166 g/mol. The molecule has 3 heteroatoms. The van der Waals surface area contributed by atoms with Crippen LogP contribution in [0.15, 0.2) is 18.2 Å². The van der Waals surface area contributed by atoms with E-state index < -0.39 is 0 Å². The summed E-state index contributed by atoms with van der Waals surface area (Å²) in [6.45, 7) is 0.0862. The second-order valence-electron chi connectivity index (χ2n) is 2.79. The molecule has 0 fully saturated rings. The maximum atomic E-state index is 8.73. The van der Waals surface area contributed by atoms with Crippen LogP contribution in [0.4, 0.5) is 0 Å². The molecule has 0 heterocycles. The van der Waals surface area contributed by atoms with Crippen LogP contribution >= 0.6 is 0 Å². The molecular formula is C10H14NO2. The van der Waals surface area contributed by atoms with E-state index in [1.165, 1.54) is 0 Å². The van der Waals surface area contributed by atoms with Gasteiger partial charge >= 0.3 is 0 Å². The number of aliphatic hydroxyl groups excluding tert-OH is 1. The highest BCUT2D eigenvalue weighted by molar-refractivity contribution is 5.35. The summed E-state index contributed by atoms with van der Waals surface area (Å²) in [5.41, 5.74) is 6.74. The summed E-state index contributed by atoms with van der Waals surface area (Å²) in [5.74, 6) is 0.725. The van der Waals surface area contributed by atoms with E-state index in [0.717, 1.165) is 11.3 Å². The Kier molecular flexibility index (Phi) is 3.73. The lowest BCUT2D eigenvalue weighted by Gasteiger charge is -2.13. The van der Waals surface area contributed by atoms with Crippen molar-refractivity contribution in [1.29, 1.82) is 0 Å². The molecule has 0 spiro atoms. The standard InChI is InChI=1S/C10H14NO2/c1-13-10-5-3-2-4-8(10)9(11)6-7-12/h2,4-5,9,12H,6-7,11H2,1H3. The van der Waals surface area contributed by atoms with Gasteiger partial charge in [-0.1, -0.05) is 12.1 Å². The fourth-order valence-corrected chi connectivity index (χ4v) is 1.20. The first-order valence-electron chi connectivity index (χ1n) is 4.20. The Morgan fingerprint density at radius 3 is 3.08 bits per heavy atom. The molecule has 0 aliphatic rings. The molecule has 0 saturated carbocycles. The van der Waals surface area contributed by atoms with Crippen LogP contribution in [0, 0.1) is 6.07 Å². The smallest absolute Gasteiger partial charge is 0.124 e. The van der Waals surface area contributed by atoms with Crippen LogP contribution < -0.4 is 10.5 Å². The zero-order valence-electron chi connectivity index (χ0n) is 7.66. The van der Waals surface area contributed by atoms with Crippen LogP contribution in [0.3, 0.4) is 0 Å². The molecule has 1 atom stereocenters. The lowest BCUT2D eigenvalue weighted by atomic mass is 10.0. The largest absolute Gasteiger partial charge is 0.496 e. The van der Waals surface area contributed by atoms with E-state index in [-0.39, 0.29) is 12.6 Å². The van der Waals surface area contributed by atoms with Crippen LogP contribution in [0.5, 0.6) is 5.75 Å². The van der Waals surface area contributed by atoms with Crippen LogP contribution in [0.25, 0.3) is 0 Å². The Hall–Kier alpha value is -1.06. The minimum absolute atomic E-state index is 0.0862. The molecule has 3 nitrogen and oxygen atoms in total. The van der Waals surface area contributed by atoms with Gasteiger partial charge in [0.15, 0.2) is 0 Å². The lowest BCUT2D eigenvalue weighted by molar-refractivity contribution is 0.275. The van der Waals surface area contributed by atoms with Gasteiger partial charge in [0, 0.05) is 18.2 Å². The van der Waals surface area contributed by atoms with Gasteiger partial charge in [0.05, 0.1) is 7.11 Å². The second-order valence-corrected chi connectivity index (χ2v) is 2.79. The van der Waals surface area contributed by atoms with Crippen molar-refractivity contribution < 1.29 is 9.84 Å². The van der Waals surface area contributed by atoms with E-state index >= 15 is 0 Å². The van der Waals surface area contributed by atoms with Crippen molar-refractivity contribution in [3.05, 3.63) is 29.8 Å². The van der Waals surface area contributed by atoms with E-state index in [0.29, 0.717) is 6.42 Å². The predicted octanol–water partition coefficient (Wildman–Crippen LogP) is 0.878. The predicted molar refractivity (Wildman–Crippen MR) is 50.5 cm³/mol. The quantitative estimate of drug-likeness (QED) is 0.723. The number of rotatable bonds is 4. The summed E-state index contributed by atoms with van der Waals surface area (Å²) in [6, 6.07) is 8.12. The molecule has 0 aromatic heterocycles. The summed E-state index contributed by atoms with van der Waals surface area (Å²) in [5, 5.41) is 8.73. The molecule has 0 aliphatic carbocycles. The summed E-state index contributed by atoms with van der Waals surface area (Å²) in [7, 11) is 1.60. The molecule has 0 aliphatic heterocycles. The van der Waals surface area contributed by atoms with Gasteiger partial charge in [0.25, 0.3) is 0 Å². The highest BCUT2D eigenvalue weighted by atomic mass is 16.5. The monoisotopic (exact) mass is 180 g/mol. The average molecular weight is 180 g/mol. The van der Waals surface area contributed by atoms with E-state index in [2.05, 4.69) is 6.07 Å². The van der Waals surface area contributed by atoms with Crippen LogP contribution in [-0.4, -0.2) is 18.8 Å². The van der Waals surface area contributed by atoms with Gasteiger partial charge in [-0.15, -0.1) is 0 Å². The Morgan fingerprint density at radius 2 is 2.46 bits per heavy atom. The second kappa shape index (κ2) is 4.84. The van der Waals surface area contributed by atoms with Crippen LogP contribution in [0.2, 0.25) is 0 Å². The maximum Gasteiger partial charge on any atom is 0.124 e. The highest BCUT2D eigenvalue weighted by Crippen LogP contribution is 2.24. The van der Waals surface area contributed by atoms with E-state index in [1.54, 1.807) is 19.2 Å². The topological polar surface area (TPSA) is 55.5 Å². The van der Waals surface area contributed by atoms with Gasteiger partial charge in [0.2, 0.25) is 0 Å². The summed E-state index contributed by atoms with van der Waals surface area (Å²) < 4.78 is 5.12. The minimum atomic E-state index is -0.172. The molecule has 13 heavy (non-hydrogen) atoms. The number of ether oxygens (including phenoxy) is 1. The van der Waals surface area contributed by atoms with Crippen molar-refractivity contribution in [1.82, 2.24) is 0 Å². The molecule has 1 rings (SSSR count). The molecule has 0 saturated heterocycles. The van der Waals surface area contributed by atoms with E-state index in [9.17, 15) is 0 Å². The van der Waals surface area contributed by atoms with E-state index in [4.69, 9.17) is 15.6 Å². The lowest BCUT2D eigenvalue weighted by Crippen LogP contribution is -2.12. The SMILES string of the molecule is COc1c[c]ccc1C(N)CCO. The number of hydrogen-bond donors (Lipinski definition) is 2. The summed E-state index contributed by atoms with van der Waals surface area (Å²) >= 11 is 0. The van der Waals surface area contributed by atoms with Crippen molar-refractivity contribution >= 4 is 0 Å². The fourth-order valence-electron chi connectivity index (χ4n) is 1.20. The molecule has 3 N–H and O–H groups in total. The number of aliphatic hydroxyl groups is 1. The first kappa shape index (κ1) is 10.0. The zero-order valence-corrected chi connectivity index (χ0v) is 7.66. The zero-order chi connectivity index (χ0) is 9.68. The molecule has 1 aromatic rings. The maximum absolute atomic E-state index is 8.73. The third kappa shape index (κ3) is 2.44. The summed E-state index contributed by atoms with van der Waals surface area (Å²) in [6.07, 6.45) is 0.542. The summed E-state index contributed by atoms with van der Waals surface area (Å²) in [4.78, 5) is 0. The van der Waals surface area contributed by atoms with Gasteiger partial charge in [-0.2, -0.15) is 0 Å². The van der Waals surface area contributed by atoms with Crippen LogP contribution in [0.1, 0.15) is 18.0 Å². The van der Waals surface area contributed by atoms with Gasteiger partial charge in [0.1, 0.15) is 5.75 Å². The molecule has 0 amide bonds. The fraction of sp³-hybridized carbons (Fsp3) is 0.400. The molecule has 71 valence electrons. The first-order valence-corrected chi connectivity index (χ1v) is 4.20. The van der Waals surface area contributed by atoms with E-state index in [1.807, 2.05) is 6.07 Å². The first-order chi connectivity index (χ1) is 6.29. The average Bonchev–Trinajstić information content (AvgIpc) is 2.18. The Balaban J connectivity index is 2.85. The minimum Gasteiger partial charge on any atom is -0.496 e. The van der Waals surface area contributed by atoms with Crippen molar-refractivity contribution in [2.45, 2.75) is 12.5 Å². The number of benzene rings is 1. The number of hydrogen-bond acceptors (Lipinski definition) is 3. The highest BCUT2D eigenvalue weighted by Gasteiger charge is 2.09. The molecule has 1 unspecified atom stereocenters. The van der Waals surface area contributed by atoms with Crippen molar-refractivity contribution in [2.75, 3.05) is 13.7 Å². The Bertz CT molecular complexity index is 263. The number of nitrogens with two attached hydrogens (primary N) is 1. The van der Waals surface area contributed by atoms with Crippen LogP contribution in [-0.2, 0) is 0 Å². The molecule has 1 aromatic carbocycles. The van der Waals surface area contributed by atoms with Gasteiger partial charge in [-0.3, -0.25) is 0 Å². The van der Waals surface area contributed by atoms with Crippen molar-refractivity contribution in [3.63, 3.8) is 0 Å². The van der Waals surface area contributed by atoms with Crippen molar-refractivity contribution in [2.24, 2.45) is 5.73 Å². The van der Waals surface area contributed by atoms with Gasteiger partial charge in [-0.05, 0) is 18.6 Å². The van der Waals surface area contributed by atoms with Crippen molar-refractivity contribution in [3.8, 4) is 5.75 Å². The molecule has 0 bridgehead atoms. The van der Waals surface area contributed by atoms with Gasteiger partial charge in [-0.25, -0.2) is 0 Å². The normalized spacial score (nSPS) is 12.5. The Labute approximate surface area is 78.1 Å². The van der Waals surface area contributed by atoms with Gasteiger partial charge < -0.3 is 15.6 Å². The molecule has 1 radical (unpaired) electrons.